The highest BCUT2D eigenvalue weighted by molar-refractivity contribution is 7.90. The summed E-state index contributed by atoms with van der Waals surface area (Å²) in [6.45, 7) is 3.75. The van der Waals surface area contributed by atoms with Crippen LogP contribution in [-0.4, -0.2) is 37.5 Å². The lowest BCUT2D eigenvalue weighted by Gasteiger charge is -2.13. The third-order valence-electron chi connectivity index (χ3n) is 5.20. The Balaban J connectivity index is 1.55. The lowest BCUT2D eigenvalue weighted by molar-refractivity contribution is -0.385. The number of hydrogen-bond donors (Lipinski definition) is 1. The first-order valence-electron chi connectivity index (χ1n) is 10.1. The summed E-state index contributed by atoms with van der Waals surface area (Å²) in [5.41, 5.74) is 2.87. The number of fused-ring (bicyclic) bond motifs is 1. The van der Waals surface area contributed by atoms with Crippen molar-refractivity contribution in [2.45, 2.75) is 24.8 Å². The maximum atomic E-state index is 13.0. The average Bonchev–Trinajstić information content (AvgIpc) is 3.25. The highest BCUT2D eigenvalue weighted by atomic mass is 32.2. The molecule has 0 fully saturated rings. The van der Waals surface area contributed by atoms with E-state index in [4.69, 9.17) is 9.47 Å². The number of carbonyl (C=O) groups is 1. The van der Waals surface area contributed by atoms with Crippen LogP contribution in [0.2, 0.25) is 0 Å². The molecule has 0 aliphatic heterocycles. The van der Waals surface area contributed by atoms with Gasteiger partial charge in [-0.1, -0.05) is 12.1 Å². The summed E-state index contributed by atoms with van der Waals surface area (Å²) < 4.78 is 23.7. The van der Waals surface area contributed by atoms with Crippen molar-refractivity contribution in [1.82, 2.24) is 15.0 Å². The Labute approximate surface area is 197 Å². The number of esters is 1. The van der Waals surface area contributed by atoms with E-state index in [-0.39, 0.29) is 27.9 Å². The average molecular weight is 481 g/mol. The number of nitro groups is 1. The van der Waals surface area contributed by atoms with E-state index in [9.17, 15) is 19.5 Å². The topological polar surface area (TPSA) is 143 Å². The second kappa shape index (κ2) is 9.49. The van der Waals surface area contributed by atoms with Gasteiger partial charge >= 0.3 is 11.1 Å². The summed E-state index contributed by atoms with van der Waals surface area (Å²) in [6, 6.07) is 10.2. The molecule has 174 valence electrons. The van der Waals surface area contributed by atoms with Crippen LogP contribution in [0.15, 0.2) is 53.8 Å². The Morgan fingerprint density at radius 2 is 1.97 bits per heavy atom. The Bertz CT molecular complexity index is 1400. The van der Waals surface area contributed by atoms with Crippen LogP contribution in [0.4, 0.5) is 5.69 Å². The standard InChI is InChI=1S/C23H20N4O6S/c1-13-11-24-19(14(2)21(13)32-3)12-34(31)23-25-17-9-8-15(10-18(17)26-23)33-22(28)16-6-4-5-7-20(16)27(29)30/h4-11H,12H2,1-3H3,(H,25,26). The number of pyridine rings is 1. The molecule has 0 saturated carbocycles. The molecule has 2 heterocycles. The molecule has 10 nitrogen and oxygen atoms in total. The van der Waals surface area contributed by atoms with E-state index in [1.807, 2.05) is 13.8 Å². The fourth-order valence-corrected chi connectivity index (χ4v) is 4.61. The van der Waals surface area contributed by atoms with Crippen LogP contribution >= 0.6 is 0 Å². The molecule has 0 aliphatic carbocycles. The molecular weight excluding hydrogens is 460 g/mol. The number of ether oxygens (including phenoxy) is 2. The van der Waals surface area contributed by atoms with Crippen LogP contribution in [-0.2, 0) is 16.9 Å². The lowest BCUT2D eigenvalue weighted by Crippen LogP contribution is -2.11. The number of para-hydroxylation sites is 1. The van der Waals surface area contributed by atoms with Crippen molar-refractivity contribution in [2.24, 2.45) is 0 Å². The Kier molecular flexibility index (Phi) is 6.48. The number of aromatic nitrogens is 3. The number of hydrogen-bond acceptors (Lipinski definition) is 8. The summed E-state index contributed by atoms with van der Waals surface area (Å²) in [5.74, 6) is 0.139. The van der Waals surface area contributed by atoms with Crippen LogP contribution in [0.3, 0.4) is 0 Å². The molecule has 2 aromatic carbocycles. The first-order chi connectivity index (χ1) is 16.3. The third-order valence-corrected chi connectivity index (χ3v) is 6.36. The summed E-state index contributed by atoms with van der Waals surface area (Å²) in [5, 5.41) is 11.4. The molecule has 1 unspecified atom stereocenters. The number of nitrogens with zero attached hydrogens (tertiary/aromatic N) is 3. The summed E-state index contributed by atoms with van der Waals surface area (Å²) >= 11 is -1.52. The van der Waals surface area contributed by atoms with Crippen molar-refractivity contribution >= 4 is 33.9 Å². The molecule has 0 amide bonds. The second-order valence-electron chi connectivity index (χ2n) is 7.42. The fraction of sp³-hybridized carbons (Fsp3) is 0.174. The zero-order valence-electron chi connectivity index (χ0n) is 18.5. The molecule has 34 heavy (non-hydrogen) atoms. The minimum absolute atomic E-state index is 0.141. The van der Waals surface area contributed by atoms with Crippen LogP contribution < -0.4 is 9.47 Å². The number of nitro benzene ring substituents is 1. The monoisotopic (exact) mass is 480 g/mol. The van der Waals surface area contributed by atoms with Crippen molar-refractivity contribution in [3.8, 4) is 11.5 Å². The number of carbonyl (C=O) groups excluding carboxylic acids is 1. The van der Waals surface area contributed by atoms with Gasteiger partial charge in [-0.2, -0.15) is 4.98 Å². The van der Waals surface area contributed by atoms with Gasteiger partial charge in [0.15, 0.2) is 5.75 Å². The number of imidazole rings is 1. The minimum Gasteiger partial charge on any atom is -0.609 e. The number of nitrogens with one attached hydrogen (secondary N) is 1. The summed E-state index contributed by atoms with van der Waals surface area (Å²) in [4.78, 5) is 34.8. The van der Waals surface area contributed by atoms with Gasteiger partial charge in [0, 0.05) is 40.6 Å². The van der Waals surface area contributed by atoms with E-state index in [0.717, 1.165) is 11.1 Å². The number of methoxy groups -OCH3 is 1. The quantitative estimate of drug-likeness (QED) is 0.137. The van der Waals surface area contributed by atoms with Gasteiger partial charge in [0.25, 0.3) is 5.69 Å². The largest absolute Gasteiger partial charge is 0.609 e. The molecule has 11 heteroatoms. The first-order valence-corrected chi connectivity index (χ1v) is 11.4. The molecule has 0 aliphatic rings. The van der Waals surface area contributed by atoms with Gasteiger partial charge < -0.3 is 14.0 Å². The SMILES string of the molecule is COc1c(C)cnc(C[S+]([O-])c2nc3cc(OC(=O)c4ccccc4[N+](=O)[O-])ccc3[nH]2)c1C. The third kappa shape index (κ3) is 4.56. The van der Waals surface area contributed by atoms with Gasteiger partial charge in [-0.05, 0) is 32.0 Å². The lowest BCUT2D eigenvalue weighted by atomic mass is 10.1. The van der Waals surface area contributed by atoms with Crippen molar-refractivity contribution in [1.29, 1.82) is 0 Å². The number of aryl methyl sites for hydroxylation is 1. The molecule has 0 radical (unpaired) electrons. The Morgan fingerprint density at radius 1 is 1.21 bits per heavy atom. The molecule has 0 spiro atoms. The highest BCUT2D eigenvalue weighted by Gasteiger charge is 2.23. The van der Waals surface area contributed by atoms with E-state index in [1.165, 1.54) is 36.4 Å². The zero-order chi connectivity index (χ0) is 24.4. The van der Waals surface area contributed by atoms with Crippen LogP contribution in [0, 0.1) is 24.0 Å². The zero-order valence-corrected chi connectivity index (χ0v) is 19.3. The van der Waals surface area contributed by atoms with Gasteiger partial charge in [0.2, 0.25) is 0 Å². The predicted molar refractivity (Wildman–Crippen MR) is 125 cm³/mol. The summed E-state index contributed by atoms with van der Waals surface area (Å²) in [7, 11) is 1.58. The molecule has 4 rings (SSSR count). The molecule has 1 N–H and O–H groups in total. The molecule has 1 atom stereocenters. The van der Waals surface area contributed by atoms with Gasteiger partial charge in [-0.25, -0.2) is 4.79 Å². The molecular formula is C23H20N4O6S. The van der Waals surface area contributed by atoms with Crippen molar-refractivity contribution in [3.63, 3.8) is 0 Å². The molecule has 0 saturated heterocycles. The van der Waals surface area contributed by atoms with Crippen LogP contribution in [0.25, 0.3) is 11.0 Å². The molecule has 2 aromatic heterocycles. The normalized spacial score (nSPS) is 11.9. The van der Waals surface area contributed by atoms with E-state index < -0.39 is 22.1 Å². The maximum Gasteiger partial charge on any atom is 0.350 e. The number of aromatic amines is 1. The maximum absolute atomic E-state index is 13.0. The smallest absolute Gasteiger partial charge is 0.350 e. The Hall–Kier alpha value is -3.96. The minimum atomic E-state index is -1.52. The van der Waals surface area contributed by atoms with E-state index >= 15 is 0 Å². The number of H-pyrrole nitrogens is 1. The van der Waals surface area contributed by atoms with Gasteiger partial charge in [-0.15, -0.1) is 0 Å². The predicted octanol–water partition coefficient (Wildman–Crippen LogP) is 4.02. The number of rotatable bonds is 7. The fourth-order valence-electron chi connectivity index (χ4n) is 3.51. The molecule has 0 bridgehead atoms. The van der Waals surface area contributed by atoms with Crippen LogP contribution in [0.5, 0.6) is 11.5 Å². The van der Waals surface area contributed by atoms with E-state index in [2.05, 4.69) is 15.0 Å². The molecule has 4 aromatic rings. The second-order valence-corrected chi connectivity index (χ2v) is 8.79. The van der Waals surface area contributed by atoms with Gasteiger partial charge in [0.1, 0.15) is 17.1 Å². The Morgan fingerprint density at radius 3 is 2.71 bits per heavy atom. The van der Waals surface area contributed by atoms with Crippen LogP contribution in [0.1, 0.15) is 27.2 Å². The number of benzene rings is 2. The van der Waals surface area contributed by atoms with E-state index in [0.29, 0.717) is 22.5 Å². The van der Waals surface area contributed by atoms with Crippen molar-refractivity contribution in [3.05, 3.63) is 81.2 Å². The van der Waals surface area contributed by atoms with Crippen molar-refractivity contribution < 1.29 is 23.7 Å². The first kappa shape index (κ1) is 23.2. The van der Waals surface area contributed by atoms with E-state index in [1.54, 1.807) is 19.4 Å². The summed E-state index contributed by atoms with van der Waals surface area (Å²) in [6.07, 6.45) is 1.68. The van der Waals surface area contributed by atoms with Gasteiger partial charge in [0.05, 0.1) is 28.8 Å². The van der Waals surface area contributed by atoms with Gasteiger partial charge in [-0.3, -0.25) is 20.1 Å². The highest BCUT2D eigenvalue weighted by Crippen LogP contribution is 2.28. The van der Waals surface area contributed by atoms with Crippen molar-refractivity contribution in [2.75, 3.05) is 7.11 Å².